The Morgan fingerprint density at radius 1 is 1.00 bits per heavy atom. The van der Waals surface area contributed by atoms with Crippen molar-refractivity contribution in [3.05, 3.63) is 121 Å². The van der Waals surface area contributed by atoms with E-state index >= 15 is 0 Å². The van der Waals surface area contributed by atoms with Gasteiger partial charge in [0.25, 0.3) is 15.6 Å². The highest BCUT2D eigenvalue weighted by molar-refractivity contribution is 7.92. The molecule has 212 valence electrons. The standard InChI is InChI=1S/C29H27ClFN5O4S/c1-2-3-16-36-27-25(28(37)34-29(36)38)32-26(33-27)21(17-19-8-4-6-10-23(19)31)18-12-14-20(15-13-18)35-41(39,40)24-11-7-5-9-22(24)30/h4-15,21,35H,2-3,16-17H2,1H3,(H,32,33)(H,34,37,38). The van der Waals surface area contributed by atoms with Crippen LogP contribution in [0.4, 0.5) is 10.1 Å². The molecule has 5 rings (SSSR count). The zero-order chi connectivity index (χ0) is 29.1. The van der Waals surface area contributed by atoms with Gasteiger partial charge in [-0.05, 0) is 54.3 Å². The van der Waals surface area contributed by atoms with E-state index in [1.165, 1.54) is 22.8 Å². The third kappa shape index (κ3) is 5.96. The van der Waals surface area contributed by atoms with Crippen LogP contribution in [0.2, 0.25) is 5.02 Å². The summed E-state index contributed by atoms with van der Waals surface area (Å²) in [5, 5.41) is 0.0962. The lowest BCUT2D eigenvalue weighted by Gasteiger charge is -2.17. The Bertz CT molecular complexity index is 1930. The number of aromatic nitrogens is 4. The van der Waals surface area contributed by atoms with Gasteiger partial charge in [-0.25, -0.2) is 22.6 Å². The number of hydrogen-bond acceptors (Lipinski definition) is 5. The first-order chi connectivity index (χ1) is 19.7. The van der Waals surface area contributed by atoms with Gasteiger partial charge in [-0.15, -0.1) is 0 Å². The molecule has 2 aromatic heterocycles. The van der Waals surface area contributed by atoms with Crippen molar-refractivity contribution in [2.45, 2.75) is 43.5 Å². The molecule has 0 amide bonds. The van der Waals surface area contributed by atoms with E-state index in [4.69, 9.17) is 11.6 Å². The number of halogens is 2. The highest BCUT2D eigenvalue weighted by Crippen LogP contribution is 2.30. The number of nitrogens with one attached hydrogen (secondary N) is 3. The van der Waals surface area contributed by atoms with E-state index in [1.807, 2.05) is 6.92 Å². The number of aryl methyl sites for hydroxylation is 1. The number of rotatable bonds is 10. The Morgan fingerprint density at radius 2 is 1.71 bits per heavy atom. The molecule has 3 N–H and O–H groups in total. The number of fused-ring (bicyclic) bond motifs is 1. The summed E-state index contributed by atoms with van der Waals surface area (Å²) in [5.74, 6) is -0.577. The Hall–Kier alpha value is -4.22. The second-order valence-corrected chi connectivity index (χ2v) is 11.6. The molecule has 0 aliphatic rings. The molecule has 12 heteroatoms. The van der Waals surface area contributed by atoms with E-state index in [0.29, 0.717) is 35.6 Å². The number of nitrogens with zero attached hydrogens (tertiary/aromatic N) is 2. The van der Waals surface area contributed by atoms with Crippen LogP contribution in [0.15, 0.2) is 87.3 Å². The quantitative estimate of drug-likeness (QED) is 0.205. The number of H-pyrrole nitrogens is 2. The summed E-state index contributed by atoms with van der Waals surface area (Å²) >= 11 is 6.09. The first-order valence-corrected chi connectivity index (χ1v) is 14.9. The van der Waals surface area contributed by atoms with Crippen LogP contribution < -0.4 is 16.0 Å². The average Bonchev–Trinajstić information content (AvgIpc) is 3.39. The molecule has 3 aromatic carbocycles. The van der Waals surface area contributed by atoms with Crippen LogP contribution in [-0.2, 0) is 23.0 Å². The maximum absolute atomic E-state index is 14.7. The van der Waals surface area contributed by atoms with Crippen molar-refractivity contribution in [3.8, 4) is 0 Å². The van der Waals surface area contributed by atoms with E-state index in [9.17, 15) is 22.4 Å². The maximum atomic E-state index is 14.7. The van der Waals surface area contributed by atoms with Crippen LogP contribution in [0.5, 0.6) is 0 Å². The van der Waals surface area contributed by atoms with E-state index in [2.05, 4.69) is 19.7 Å². The lowest BCUT2D eigenvalue weighted by atomic mass is 9.91. The summed E-state index contributed by atoms with van der Waals surface area (Å²) in [5.41, 5.74) is 0.655. The van der Waals surface area contributed by atoms with E-state index in [-0.39, 0.29) is 27.5 Å². The van der Waals surface area contributed by atoms with Gasteiger partial charge in [-0.3, -0.25) is 19.1 Å². The number of aromatic amines is 2. The molecule has 5 aromatic rings. The number of imidazole rings is 1. The Kier molecular flexibility index (Phi) is 8.09. The Balaban J connectivity index is 1.55. The van der Waals surface area contributed by atoms with Crippen molar-refractivity contribution in [1.82, 2.24) is 19.5 Å². The van der Waals surface area contributed by atoms with Crippen molar-refractivity contribution in [2.75, 3.05) is 4.72 Å². The van der Waals surface area contributed by atoms with E-state index < -0.39 is 33.0 Å². The zero-order valence-electron chi connectivity index (χ0n) is 22.0. The molecule has 0 saturated carbocycles. The number of sulfonamides is 1. The second kappa shape index (κ2) is 11.7. The molecule has 0 fully saturated rings. The summed E-state index contributed by atoms with van der Waals surface area (Å²) in [6, 6.07) is 19.1. The number of anilines is 1. The first-order valence-electron chi connectivity index (χ1n) is 13.0. The summed E-state index contributed by atoms with van der Waals surface area (Å²) in [6.07, 6.45) is 1.74. The van der Waals surface area contributed by atoms with Gasteiger partial charge in [0.2, 0.25) is 0 Å². The van der Waals surface area contributed by atoms with Crippen LogP contribution in [0.3, 0.4) is 0 Å². The molecule has 41 heavy (non-hydrogen) atoms. The average molecular weight is 596 g/mol. The molecule has 0 radical (unpaired) electrons. The predicted octanol–water partition coefficient (Wildman–Crippen LogP) is 5.18. The third-order valence-corrected chi connectivity index (χ3v) is 8.67. The van der Waals surface area contributed by atoms with Gasteiger partial charge in [-0.1, -0.05) is 67.4 Å². The van der Waals surface area contributed by atoms with Gasteiger partial charge in [0.05, 0.1) is 5.02 Å². The van der Waals surface area contributed by atoms with Crippen molar-refractivity contribution in [2.24, 2.45) is 0 Å². The van der Waals surface area contributed by atoms with Gasteiger partial charge >= 0.3 is 5.69 Å². The largest absolute Gasteiger partial charge is 0.336 e. The SMILES string of the molecule is CCCCn1c(=O)[nH]c(=O)c2[nH]c(C(Cc3ccccc3F)c3ccc(NS(=O)(=O)c4ccccc4Cl)cc3)nc21. The second-order valence-electron chi connectivity index (χ2n) is 9.59. The molecule has 0 saturated heterocycles. The minimum atomic E-state index is -3.94. The number of hydrogen-bond donors (Lipinski definition) is 3. The molecule has 0 aliphatic carbocycles. The van der Waals surface area contributed by atoms with E-state index in [1.54, 1.807) is 54.6 Å². The van der Waals surface area contributed by atoms with Gasteiger partial charge in [0, 0.05) is 18.2 Å². The van der Waals surface area contributed by atoms with Crippen LogP contribution in [-0.4, -0.2) is 27.9 Å². The molecule has 0 aliphatic heterocycles. The van der Waals surface area contributed by atoms with Gasteiger partial charge < -0.3 is 4.98 Å². The van der Waals surface area contributed by atoms with Gasteiger partial charge in [0.1, 0.15) is 22.1 Å². The molecule has 9 nitrogen and oxygen atoms in total. The summed E-state index contributed by atoms with van der Waals surface area (Å²) < 4.78 is 44.5. The van der Waals surface area contributed by atoms with Crippen LogP contribution in [0.1, 0.15) is 42.6 Å². The fourth-order valence-electron chi connectivity index (χ4n) is 4.66. The zero-order valence-corrected chi connectivity index (χ0v) is 23.6. The molecule has 0 bridgehead atoms. The highest BCUT2D eigenvalue weighted by Gasteiger charge is 2.24. The lowest BCUT2D eigenvalue weighted by Crippen LogP contribution is -2.30. The third-order valence-electron chi connectivity index (χ3n) is 6.79. The lowest BCUT2D eigenvalue weighted by molar-refractivity contribution is 0.597. The smallest absolute Gasteiger partial charge is 0.330 e. The normalized spacial score (nSPS) is 12.5. The minimum absolute atomic E-state index is 0.0511. The van der Waals surface area contributed by atoms with Gasteiger partial charge in [0.15, 0.2) is 5.65 Å². The van der Waals surface area contributed by atoms with Crippen LogP contribution >= 0.6 is 11.6 Å². The topological polar surface area (TPSA) is 130 Å². The number of unbranched alkanes of at least 4 members (excludes halogenated alkanes) is 1. The highest BCUT2D eigenvalue weighted by atomic mass is 35.5. The fraction of sp³-hybridized carbons (Fsp3) is 0.207. The molecule has 2 heterocycles. The van der Waals surface area contributed by atoms with Crippen molar-refractivity contribution < 1.29 is 12.8 Å². The maximum Gasteiger partial charge on any atom is 0.330 e. The monoisotopic (exact) mass is 595 g/mol. The summed E-state index contributed by atoms with van der Waals surface area (Å²) in [4.78, 5) is 35.2. The van der Waals surface area contributed by atoms with Crippen molar-refractivity contribution in [3.63, 3.8) is 0 Å². The van der Waals surface area contributed by atoms with Crippen LogP contribution in [0.25, 0.3) is 11.2 Å². The molecular weight excluding hydrogens is 569 g/mol. The van der Waals surface area contributed by atoms with Crippen LogP contribution in [0, 0.1) is 5.82 Å². The minimum Gasteiger partial charge on any atom is -0.336 e. The van der Waals surface area contributed by atoms with Gasteiger partial charge in [-0.2, -0.15) is 0 Å². The fourth-order valence-corrected chi connectivity index (χ4v) is 6.24. The molecule has 0 spiro atoms. The first kappa shape index (κ1) is 28.3. The molecule has 1 unspecified atom stereocenters. The predicted molar refractivity (Wildman–Crippen MR) is 157 cm³/mol. The van der Waals surface area contributed by atoms with Crippen molar-refractivity contribution >= 4 is 38.5 Å². The summed E-state index contributed by atoms with van der Waals surface area (Å²) in [6.45, 7) is 2.37. The number of benzene rings is 3. The van der Waals surface area contributed by atoms with Crippen molar-refractivity contribution in [1.29, 1.82) is 0 Å². The summed E-state index contributed by atoms with van der Waals surface area (Å²) in [7, 11) is -3.94. The van der Waals surface area contributed by atoms with E-state index in [0.717, 1.165) is 6.42 Å². The Morgan fingerprint density at radius 3 is 2.41 bits per heavy atom. The molecule has 1 atom stereocenters. The Labute approximate surface area is 240 Å². The molecular formula is C29H27ClFN5O4S.